The van der Waals surface area contributed by atoms with Gasteiger partial charge in [-0.05, 0) is 43.2 Å². The first kappa shape index (κ1) is 21.3. The summed E-state index contributed by atoms with van der Waals surface area (Å²) in [5, 5.41) is 2.87. The van der Waals surface area contributed by atoms with Crippen molar-refractivity contribution in [3.8, 4) is 0 Å². The largest absolute Gasteiger partial charge is 0.325 e. The molecule has 5 nitrogen and oxygen atoms in total. The highest BCUT2D eigenvalue weighted by Gasteiger charge is 2.34. The third-order valence-electron chi connectivity index (χ3n) is 4.53. The van der Waals surface area contributed by atoms with Gasteiger partial charge >= 0.3 is 0 Å². The molecule has 2 aromatic rings. The molecule has 1 heterocycles. The van der Waals surface area contributed by atoms with E-state index in [1.165, 1.54) is 28.6 Å². The van der Waals surface area contributed by atoms with Gasteiger partial charge in [0.15, 0.2) is 0 Å². The zero-order valence-corrected chi connectivity index (χ0v) is 17.5. The van der Waals surface area contributed by atoms with Gasteiger partial charge in [-0.3, -0.25) is 4.79 Å². The lowest BCUT2D eigenvalue weighted by Gasteiger charge is -2.31. The zero-order valence-electron chi connectivity index (χ0n) is 14.5. The van der Waals surface area contributed by atoms with Gasteiger partial charge in [0.05, 0.1) is 20.8 Å². The topological polar surface area (TPSA) is 66.5 Å². The van der Waals surface area contributed by atoms with Crippen molar-refractivity contribution in [1.29, 1.82) is 0 Å². The highest BCUT2D eigenvalue weighted by atomic mass is 35.5. The van der Waals surface area contributed by atoms with E-state index in [4.69, 9.17) is 34.8 Å². The molecule has 1 aliphatic rings. The third kappa shape index (κ3) is 4.44. The number of nitrogens with one attached hydrogen (secondary N) is 1. The van der Waals surface area contributed by atoms with E-state index in [1.807, 2.05) is 0 Å². The minimum Gasteiger partial charge on any atom is -0.325 e. The molecular formula is C18H16Cl3FN2O3S. The number of anilines is 1. The number of hydrogen-bond acceptors (Lipinski definition) is 3. The number of rotatable bonds is 4. The van der Waals surface area contributed by atoms with Gasteiger partial charge in [0.25, 0.3) is 0 Å². The molecule has 0 unspecified atom stereocenters. The van der Waals surface area contributed by atoms with Crippen LogP contribution in [0.5, 0.6) is 0 Å². The highest BCUT2D eigenvalue weighted by Crippen LogP contribution is 2.33. The van der Waals surface area contributed by atoms with Gasteiger partial charge in [0, 0.05) is 19.0 Å². The predicted octanol–water partition coefficient (Wildman–Crippen LogP) is 4.83. The molecule has 0 radical (unpaired) electrons. The molecule has 1 N–H and O–H groups in total. The molecule has 3 rings (SSSR count). The maximum absolute atomic E-state index is 13.1. The van der Waals surface area contributed by atoms with Crippen LogP contribution >= 0.6 is 34.8 Å². The van der Waals surface area contributed by atoms with Gasteiger partial charge in [-0.25, -0.2) is 12.8 Å². The lowest BCUT2D eigenvalue weighted by Crippen LogP contribution is -2.41. The summed E-state index contributed by atoms with van der Waals surface area (Å²) < 4.78 is 40.1. The first-order valence-corrected chi connectivity index (χ1v) is 11.0. The molecule has 28 heavy (non-hydrogen) atoms. The monoisotopic (exact) mass is 464 g/mol. The number of amides is 1. The van der Waals surface area contributed by atoms with Crippen molar-refractivity contribution >= 4 is 56.4 Å². The Morgan fingerprint density at radius 3 is 2.21 bits per heavy atom. The Kier molecular flexibility index (Phi) is 6.51. The molecule has 1 fully saturated rings. The molecule has 0 aromatic heterocycles. The van der Waals surface area contributed by atoms with Crippen LogP contribution in [0.1, 0.15) is 12.8 Å². The number of sulfonamides is 1. The Bertz CT molecular complexity index is 989. The van der Waals surface area contributed by atoms with Crippen LogP contribution in [0.15, 0.2) is 41.3 Å². The van der Waals surface area contributed by atoms with Crippen LogP contribution < -0.4 is 5.32 Å². The van der Waals surface area contributed by atoms with Crippen molar-refractivity contribution in [1.82, 2.24) is 4.31 Å². The van der Waals surface area contributed by atoms with Gasteiger partial charge in [-0.15, -0.1) is 0 Å². The summed E-state index contributed by atoms with van der Waals surface area (Å²) in [6.07, 6.45) is 0.651. The molecule has 1 saturated heterocycles. The van der Waals surface area contributed by atoms with Crippen molar-refractivity contribution in [2.75, 3.05) is 18.4 Å². The van der Waals surface area contributed by atoms with Crippen molar-refractivity contribution < 1.29 is 17.6 Å². The number of carbonyl (C=O) groups excluding carboxylic acids is 1. The molecule has 2 aromatic carbocycles. The fraction of sp³-hybridized carbons (Fsp3) is 0.278. The van der Waals surface area contributed by atoms with Gasteiger partial charge < -0.3 is 5.32 Å². The van der Waals surface area contributed by atoms with Crippen molar-refractivity contribution in [3.63, 3.8) is 0 Å². The minimum absolute atomic E-state index is 0.0540. The van der Waals surface area contributed by atoms with Crippen LogP contribution in [-0.4, -0.2) is 31.7 Å². The second-order valence-corrected chi connectivity index (χ2v) is 9.44. The molecule has 0 spiro atoms. The van der Waals surface area contributed by atoms with Crippen LogP contribution in [0.3, 0.4) is 0 Å². The lowest BCUT2D eigenvalue weighted by molar-refractivity contribution is -0.120. The molecule has 0 saturated carbocycles. The van der Waals surface area contributed by atoms with Gasteiger partial charge in [0.1, 0.15) is 10.7 Å². The lowest BCUT2D eigenvalue weighted by atomic mass is 9.97. The Labute approximate surface area is 177 Å². The van der Waals surface area contributed by atoms with E-state index in [1.54, 1.807) is 6.07 Å². The average molecular weight is 466 g/mol. The number of hydrogen-bond donors (Lipinski definition) is 1. The van der Waals surface area contributed by atoms with Crippen LogP contribution in [0.4, 0.5) is 10.1 Å². The highest BCUT2D eigenvalue weighted by molar-refractivity contribution is 7.89. The average Bonchev–Trinajstić information content (AvgIpc) is 2.64. The quantitative estimate of drug-likeness (QED) is 0.703. The smallest absolute Gasteiger partial charge is 0.246 e. The maximum Gasteiger partial charge on any atom is 0.246 e. The van der Waals surface area contributed by atoms with Crippen LogP contribution in [0.2, 0.25) is 15.1 Å². The van der Waals surface area contributed by atoms with Crippen molar-refractivity contribution in [2.45, 2.75) is 17.7 Å². The summed E-state index contributed by atoms with van der Waals surface area (Å²) in [4.78, 5) is 12.3. The Balaban J connectivity index is 1.68. The molecule has 10 heteroatoms. The fourth-order valence-corrected chi connectivity index (χ4v) is 5.82. The van der Waals surface area contributed by atoms with E-state index in [9.17, 15) is 17.6 Å². The Hall–Kier alpha value is -1.38. The molecule has 0 bridgehead atoms. The molecular weight excluding hydrogens is 450 g/mol. The second kappa shape index (κ2) is 8.55. The van der Waals surface area contributed by atoms with E-state index < -0.39 is 21.8 Å². The third-order valence-corrected chi connectivity index (χ3v) is 7.70. The number of benzene rings is 2. The van der Waals surface area contributed by atoms with Crippen molar-refractivity contribution in [2.24, 2.45) is 5.92 Å². The van der Waals surface area contributed by atoms with E-state index in [2.05, 4.69) is 5.32 Å². The maximum atomic E-state index is 13.1. The van der Waals surface area contributed by atoms with E-state index in [-0.39, 0.29) is 39.0 Å². The number of nitrogens with zero attached hydrogens (tertiary/aromatic N) is 1. The van der Waals surface area contributed by atoms with Crippen LogP contribution in [-0.2, 0) is 14.8 Å². The SMILES string of the molecule is O=C(Nc1ccc(F)cc1Cl)C1CCN(S(=O)(=O)c2c(Cl)cccc2Cl)CC1. The zero-order chi connectivity index (χ0) is 20.5. The fourth-order valence-electron chi connectivity index (χ4n) is 3.04. The van der Waals surface area contributed by atoms with Crippen molar-refractivity contribution in [3.05, 3.63) is 57.3 Å². The number of carbonyl (C=O) groups is 1. The van der Waals surface area contributed by atoms with Crippen LogP contribution in [0.25, 0.3) is 0 Å². The second-order valence-electron chi connectivity index (χ2n) is 6.34. The molecule has 1 aliphatic heterocycles. The molecule has 0 aliphatic carbocycles. The summed E-state index contributed by atoms with van der Waals surface area (Å²) >= 11 is 18.0. The molecule has 1 amide bonds. The van der Waals surface area contributed by atoms with E-state index >= 15 is 0 Å². The number of halogens is 4. The summed E-state index contributed by atoms with van der Waals surface area (Å²) in [7, 11) is -3.87. The van der Waals surface area contributed by atoms with Crippen LogP contribution in [0, 0.1) is 11.7 Å². The van der Waals surface area contributed by atoms with E-state index in [0.717, 1.165) is 6.07 Å². The Morgan fingerprint density at radius 1 is 1.04 bits per heavy atom. The molecule has 0 atom stereocenters. The van der Waals surface area contributed by atoms with E-state index in [0.29, 0.717) is 18.5 Å². The standard InChI is InChI=1S/C18H16Cl3FN2O3S/c19-13-2-1-3-14(20)17(13)28(26,27)24-8-6-11(7-9-24)18(25)23-16-5-4-12(22)10-15(16)21/h1-5,10-11H,6-9H2,(H,23,25). The minimum atomic E-state index is -3.87. The molecule has 150 valence electrons. The van der Waals surface area contributed by atoms with Gasteiger partial charge in [0.2, 0.25) is 15.9 Å². The summed E-state index contributed by atoms with van der Waals surface area (Å²) in [6.45, 7) is 0.304. The Morgan fingerprint density at radius 2 is 1.64 bits per heavy atom. The summed E-state index contributed by atoms with van der Waals surface area (Å²) in [6, 6.07) is 8.19. The first-order valence-electron chi connectivity index (χ1n) is 8.40. The van der Waals surface area contributed by atoms with Gasteiger partial charge in [-0.2, -0.15) is 4.31 Å². The summed E-state index contributed by atoms with van der Waals surface area (Å²) in [5.41, 5.74) is 0.311. The predicted molar refractivity (Wildman–Crippen MR) is 108 cm³/mol. The summed E-state index contributed by atoms with van der Waals surface area (Å²) in [5.74, 6) is -1.18. The first-order chi connectivity index (χ1) is 13.2. The van der Waals surface area contributed by atoms with Gasteiger partial charge in [-0.1, -0.05) is 40.9 Å². The normalized spacial score (nSPS) is 16.1. The number of piperidine rings is 1.